The van der Waals surface area contributed by atoms with Crippen molar-refractivity contribution in [1.29, 1.82) is 0 Å². The molecule has 0 unspecified atom stereocenters. The Labute approximate surface area is 64.1 Å². The summed E-state index contributed by atoms with van der Waals surface area (Å²) in [7, 11) is 0. The van der Waals surface area contributed by atoms with Crippen LogP contribution < -0.4 is 0 Å². The Kier molecular flexibility index (Phi) is 5.09. The van der Waals surface area contributed by atoms with Gasteiger partial charge in [0.1, 0.15) is 0 Å². The average molecular weight is 142 g/mol. The van der Waals surface area contributed by atoms with Crippen molar-refractivity contribution in [3.05, 3.63) is 12.3 Å². The van der Waals surface area contributed by atoms with Gasteiger partial charge in [0, 0.05) is 6.42 Å². The molecule has 0 rings (SSSR count). The molecule has 0 spiro atoms. The predicted molar refractivity (Wildman–Crippen MR) is 44.8 cm³/mol. The van der Waals surface area contributed by atoms with Crippen LogP contribution in [0.15, 0.2) is 12.3 Å². The standard InChI is InChI=1S/C9H18O/c1-5-6-10-9(4)7-8(2)3/h8H,4-7H2,1-3H3. The maximum absolute atomic E-state index is 5.31. The van der Waals surface area contributed by atoms with Gasteiger partial charge in [-0.2, -0.15) is 0 Å². The molecule has 60 valence electrons. The smallest absolute Gasteiger partial charge is 0.0890 e. The van der Waals surface area contributed by atoms with E-state index in [1.54, 1.807) is 0 Å². The molecular weight excluding hydrogens is 124 g/mol. The van der Waals surface area contributed by atoms with Crippen LogP contribution in [0.2, 0.25) is 0 Å². The molecule has 0 saturated heterocycles. The van der Waals surface area contributed by atoms with Crippen molar-refractivity contribution in [3.63, 3.8) is 0 Å². The third-order valence-electron chi connectivity index (χ3n) is 1.15. The van der Waals surface area contributed by atoms with Crippen molar-refractivity contribution >= 4 is 0 Å². The van der Waals surface area contributed by atoms with E-state index in [2.05, 4.69) is 27.4 Å². The summed E-state index contributed by atoms with van der Waals surface area (Å²) in [6.07, 6.45) is 2.05. The first-order valence-corrected chi connectivity index (χ1v) is 3.97. The highest BCUT2D eigenvalue weighted by Crippen LogP contribution is 2.09. The van der Waals surface area contributed by atoms with Crippen LogP contribution in [-0.4, -0.2) is 6.61 Å². The first kappa shape index (κ1) is 9.54. The highest BCUT2D eigenvalue weighted by atomic mass is 16.5. The van der Waals surface area contributed by atoms with Crippen LogP contribution in [0.5, 0.6) is 0 Å². The summed E-state index contributed by atoms with van der Waals surface area (Å²) in [6.45, 7) is 11.1. The normalized spacial score (nSPS) is 10.0. The minimum absolute atomic E-state index is 0.657. The quantitative estimate of drug-likeness (QED) is 0.536. The second-order valence-corrected chi connectivity index (χ2v) is 2.99. The summed E-state index contributed by atoms with van der Waals surface area (Å²) in [5.41, 5.74) is 0. The molecule has 0 aliphatic carbocycles. The van der Waals surface area contributed by atoms with Crippen LogP contribution in [0.4, 0.5) is 0 Å². The van der Waals surface area contributed by atoms with Gasteiger partial charge in [0.2, 0.25) is 0 Å². The first-order chi connectivity index (χ1) is 4.66. The van der Waals surface area contributed by atoms with Crippen molar-refractivity contribution in [3.8, 4) is 0 Å². The van der Waals surface area contributed by atoms with Gasteiger partial charge in [0.05, 0.1) is 12.4 Å². The van der Waals surface area contributed by atoms with Gasteiger partial charge in [-0.1, -0.05) is 27.4 Å². The van der Waals surface area contributed by atoms with Crippen molar-refractivity contribution in [2.45, 2.75) is 33.6 Å². The van der Waals surface area contributed by atoms with Gasteiger partial charge in [-0.25, -0.2) is 0 Å². The monoisotopic (exact) mass is 142 g/mol. The topological polar surface area (TPSA) is 9.23 Å². The fraction of sp³-hybridized carbons (Fsp3) is 0.778. The van der Waals surface area contributed by atoms with Crippen LogP contribution >= 0.6 is 0 Å². The maximum Gasteiger partial charge on any atom is 0.0890 e. The fourth-order valence-corrected chi connectivity index (χ4v) is 0.761. The summed E-state index contributed by atoms with van der Waals surface area (Å²) in [5.74, 6) is 1.58. The summed E-state index contributed by atoms with van der Waals surface area (Å²) in [6, 6.07) is 0. The van der Waals surface area contributed by atoms with Crippen molar-refractivity contribution in [1.82, 2.24) is 0 Å². The fourth-order valence-electron chi connectivity index (χ4n) is 0.761. The molecule has 0 bridgehead atoms. The molecule has 0 atom stereocenters. The van der Waals surface area contributed by atoms with Gasteiger partial charge in [-0.3, -0.25) is 0 Å². The molecule has 1 nitrogen and oxygen atoms in total. The number of hydrogen-bond donors (Lipinski definition) is 0. The summed E-state index contributed by atoms with van der Waals surface area (Å²) in [5, 5.41) is 0. The second-order valence-electron chi connectivity index (χ2n) is 2.99. The van der Waals surface area contributed by atoms with Crippen LogP contribution in [0.3, 0.4) is 0 Å². The third-order valence-corrected chi connectivity index (χ3v) is 1.15. The molecule has 0 fully saturated rings. The van der Waals surface area contributed by atoms with Gasteiger partial charge in [0.25, 0.3) is 0 Å². The van der Waals surface area contributed by atoms with Crippen molar-refractivity contribution in [2.75, 3.05) is 6.61 Å². The molecule has 0 saturated carbocycles. The Morgan fingerprint density at radius 2 is 2.10 bits per heavy atom. The first-order valence-electron chi connectivity index (χ1n) is 3.97. The summed E-state index contributed by atoms with van der Waals surface area (Å²) < 4.78 is 5.31. The third kappa shape index (κ3) is 5.67. The van der Waals surface area contributed by atoms with E-state index in [0.29, 0.717) is 5.92 Å². The zero-order chi connectivity index (χ0) is 7.98. The van der Waals surface area contributed by atoms with Crippen LogP contribution in [0, 0.1) is 5.92 Å². The Hall–Kier alpha value is -0.460. The van der Waals surface area contributed by atoms with E-state index in [9.17, 15) is 0 Å². The number of rotatable bonds is 5. The van der Waals surface area contributed by atoms with E-state index in [4.69, 9.17) is 4.74 Å². The molecule has 0 aliphatic heterocycles. The van der Waals surface area contributed by atoms with Gasteiger partial charge in [0.15, 0.2) is 0 Å². The zero-order valence-corrected chi connectivity index (χ0v) is 7.31. The molecule has 0 aliphatic rings. The molecule has 0 heterocycles. The lowest BCUT2D eigenvalue weighted by Gasteiger charge is -2.09. The Bertz CT molecular complexity index is 94.9. The van der Waals surface area contributed by atoms with Gasteiger partial charge in [-0.15, -0.1) is 0 Å². The van der Waals surface area contributed by atoms with Gasteiger partial charge in [-0.05, 0) is 12.3 Å². The van der Waals surface area contributed by atoms with Gasteiger partial charge >= 0.3 is 0 Å². The Balaban J connectivity index is 3.26. The molecule has 0 aromatic carbocycles. The van der Waals surface area contributed by atoms with Crippen LogP contribution in [-0.2, 0) is 4.74 Å². The molecule has 1 heteroatoms. The largest absolute Gasteiger partial charge is 0.499 e. The lowest BCUT2D eigenvalue weighted by Crippen LogP contribution is -1.96. The van der Waals surface area contributed by atoms with Gasteiger partial charge < -0.3 is 4.74 Å². The average Bonchev–Trinajstić information content (AvgIpc) is 1.82. The predicted octanol–water partition coefficient (Wildman–Crippen LogP) is 2.97. The molecule has 0 aromatic rings. The highest BCUT2D eigenvalue weighted by molar-refractivity contribution is 4.82. The second kappa shape index (κ2) is 5.33. The molecular formula is C9H18O. The lowest BCUT2D eigenvalue weighted by atomic mass is 10.1. The van der Waals surface area contributed by atoms with E-state index in [-0.39, 0.29) is 0 Å². The zero-order valence-electron chi connectivity index (χ0n) is 7.31. The van der Waals surface area contributed by atoms with E-state index >= 15 is 0 Å². The van der Waals surface area contributed by atoms with E-state index < -0.39 is 0 Å². The molecule has 0 radical (unpaired) electrons. The van der Waals surface area contributed by atoms with E-state index in [1.807, 2.05) is 0 Å². The number of ether oxygens (including phenoxy) is 1. The SMILES string of the molecule is C=C(CC(C)C)OCCC. The Morgan fingerprint density at radius 1 is 1.50 bits per heavy atom. The molecule has 0 N–H and O–H groups in total. The van der Waals surface area contributed by atoms with E-state index in [0.717, 1.165) is 25.2 Å². The maximum atomic E-state index is 5.31. The Morgan fingerprint density at radius 3 is 2.50 bits per heavy atom. The summed E-state index contributed by atoms with van der Waals surface area (Å²) in [4.78, 5) is 0. The number of hydrogen-bond acceptors (Lipinski definition) is 1. The van der Waals surface area contributed by atoms with Crippen LogP contribution in [0.25, 0.3) is 0 Å². The van der Waals surface area contributed by atoms with Crippen molar-refractivity contribution in [2.24, 2.45) is 5.92 Å². The molecule has 0 aromatic heterocycles. The van der Waals surface area contributed by atoms with Crippen molar-refractivity contribution < 1.29 is 4.74 Å². The molecule has 0 amide bonds. The van der Waals surface area contributed by atoms with Crippen LogP contribution in [0.1, 0.15) is 33.6 Å². The number of allylic oxidation sites excluding steroid dienone is 1. The highest BCUT2D eigenvalue weighted by Gasteiger charge is 1.97. The lowest BCUT2D eigenvalue weighted by molar-refractivity contribution is 0.197. The van der Waals surface area contributed by atoms with E-state index in [1.165, 1.54) is 0 Å². The minimum Gasteiger partial charge on any atom is -0.499 e. The molecule has 10 heavy (non-hydrogen) atoms. The summed E-state index contributed by atoms with van der Waals surface area (Å²) >= 11 is 0. The minimum atomic E-state index is 0.657.